The van der Waals surface area contributed by atoms with E-state index in [-0.39, 0.29) is 0 Å². The summed E-state index contributed by atoms with van der Waals surface area (Å²) >= 11 is 11.2. The van der Waals surface area contributed by atoms with Crippen LogP contribution in [-0.4, -0.2) is 18.0 Å². The maximum atomic E-state index is 6.23. The highest BCUT2D eigenvalue weighted by atomic mass is 79.9. The summed E-state index contributed by atoms with van der Waals surface area (Å²) in [6, 6.07) is 21.3. The molecule has 5 nitrogen and oxygen atoms in total. The van der Waals surface area contributed by atoms with E-state index >= 15 is 0 Å². The number of ether oxygens (including phenoxy) is 2. The first-order valence-corrected chi connectivity index (χ1v) is 12.1. The van der Waals surface area contributed by atoms with Crippen LogP contribution < -0.4 is 15.2 Å². The molecule has 0 aliphatic heterocycles. The largest absolute Gasteiger partial charge is 0.490 e. The van der Waals surface area contributed by atoms with Gasteiger partial charge in [-0.15, -0.1) is 5.10 Å². The van der Waals surface area contributed by atoms with Crippen LogP contribution in [0.1, 0.15) is 23.6 Å². The van der Waals surface area contributed by atoms with E-state index in [1.165, 1.54) is 17.3 Å². The summed E-state index contributed by atoms with van der Waals surface area (Å²) in [5.74, 6) is 1.96. The van der Waals surface area contributed by atoms with Crippen molar-refractivity contribution in [3.63, 3.8) is 0 Å². The molecule has 0 spiro atoms. The van der Waals surface area contributed by atoms with E-state index in [0.717, 1.165) is 21.4 Å². The van der Waals surface area contributed by atoms with E-state index in [0.29, 0.717) is 34.9 Å². The van der Waals surface area contributed by atoms with Crippen molar-refractivity contribution >= 4 is 50.7 Å². The Kier molecular flexibility index (Phi) is 9.46. The second-order valence-electron chi connectivity index (χ2n) is 6.59. The Bertz CT molecular complexity index is 1090. The molecule has 0 aliphatic carbocycles. The molecule has 3 aromatic carbocycles. The first kappa shape index (κ1) is 24.2. The van der Waals surface area contributed by atoms with Crippen molar-refractivity contribution in [3.05, 3.63) is 92.9 Å². The highest BCUT2D eigenvalue weighted by Crippen LogP contribution is 2.34. The van der Waals surface area contributed by atoms with Crippen LogP contribution in [0.2, 0.25) is 5.02 Å². The smallest absolute Gasteiger partial charge is 0.180 e. The zero-order chi connectivity index (χ0) is 22.8. The van der Waals surface area contributed by atoms with E-state index in [2.05, 4.69) is 26.1 Å². The molecule has 0 unspecified atom stereocenters. The number of rotatable bonds is 9. The predicted molar refractivity (Wildman–Crippen MR) is 138 cm³/mol. The molecular formula is C24H23BrClN3O2S. The second kappa shape index (κ2) is 12.5. The van der Waals surface area contributed by atoms with E-state index in [1.54, 1.807) is 6.21 Å². The van der Waals surface area contributed by atoms with Crippen molar-refractivity contribution in [2.45, 2.75) is 19.3 Å². The number of halogens is 2. The van der Waals surface area contributed by atoms with Gasteiger partial charge in [-0.2, -0.15) is 5.10 Å². The summed E-state index contributed by atoms with van der Waals surface area (Å²) in [7, 11) is 0. The average Bonchev–Trinajstić information content (AvgIpc) is 2.80. The van der Waals surface area contributed by atoms with Gasteiger partial charge in [-0.1, -0.05) is 71.9 Å². The Balaban J connectivity index is 1.68. The molecule has 0 aliphatic rings. The highest BCUT2D eigenvalue weighted by molar-refractivity contribution is 9.10. The molecule has 0 amide bonds. The number of benzene rings is 3. The van der Waals surface area contributed by atoms with Crippen molar-refractivity contribution in [2.75, 3.05) is 6.61 Å². The number of nitrogens with two attached hydrogens (primary N) is 1. The molecule has 166 valence electrons. The minimum atomic E-state index is 0.332. The normalized spacial score (nSPS) is 11.7. The average molecular weight is 533 g/mol. The van der Waals surface area contributed by atoms with Crippen LogP contribution in [0.15, 0.2) is 81.4 Å². The highest BCUT2D eigenvalue weighted by Gasteiger charge is 2.11. The van der Waals surface area contributed by atoms with E-state index in [4.69, 9.17) is 26.8 Å². The summed E-state index contributed by atoms with van der Waals surface area (Å²) in [5, 5.41) is 9.26. The Labute approximate surface area is 205 Å². The molecule has 3 rings (SSSR count). The standard InChI is InChI=1S/C24H23BrClN3O2S/c1-2-30-22-12-19(14-28-29-24(27)32-16-17-8-4-3-5-9-17)20(25)13-23(22)31-15-18-10-6-7-11-21(18)26/h3-14H,2,15-16H2,1H3,(H2,27,29). The molecular weight excluding hydrogens is 510 g/mol. The van der Waals surface area contributed by atoms with Crippen molar-refractivity contribution in [1.29, 1.82) is 0 Å². The SMILES string of the molecule is CCOc1cc(C=NN=C(N)SCc2ccccc2)c(Br)cc1OCc1ccccc1Cl. The zero-order valence-corrected chi connectivity index (χ0v) is 20.7. The Morgan fingerprint density at radius 1 is 1.06 bits per heavy atom. The van der Waals surface area contributed by atoms with Gasteiger partial charge in [0.25, 0.3) is 0 Å². The third kappa shape index (κ3) is 7.29. The molecule has 0 saturated carbocycles. The third-order valence-corrected chi connectivity index (χ3v) is 6.20. The van der Waals surface area contributed by atoms with Crippen molar-refractivity contribution in [1.82, 2.24) is 0 Å². The number of nitrogens with zero attached hydrogens (tertiary/aromatic N) is 2. The minimum Gasteiger partial charge on any atom is -0.490 e. The topological polar surface area (TPSA) is 69.2 Å². The van der Waals surface area contributed by atoms with Gasteiger partial charge in [0.2, 0.25) is 0 Å². The molecule has 0 atom stereocenters. The molecule has 3 aromatic rings. The van der Waals surface area contributed by atoms with E-state index < -0.39 is 0 Å². The van der Waals surface area contributed by atoms with Gasteiger partial charge in [0, 0.05) is 26.4 Å². The van der Waals surface area contributed by atoms with Crippen LogP contribution >= 0.6 is 39.3 Å². The monoisotopic (exact) mass is 531 g/mol. The maximum Gasteiger partial charge on any atom is 0.180 e. The van der Waals surface area contributed by atoms with Crippen LogP contribution in [0.25, 0.3) is 0 Å². The van der Waals surface area contributed by atoms with Crippen LogP contribution in [0.5, 0.6) is 11.5 Å². The molecule has 2 N–H and O–H groups in total. The minimum absolute atomic E-state index is 0.332. The third-order valence-electron chi connectivity index (χ3n) is 4.29. The van der Waals surface area contributed by atoms with Crippen molar-refractivity contribution < 1.29 is 9.47 Å². The second-order valence-corrected chi connectivity index (χ2v) is 8.85. The predicted octanol–water partition coefficient (Wildman–Crippen LogP) is 6.66. The fraction of sp³-hybridized carbons (Fsp3) is 0.167. The van der Waals surface area contributed by atoms with Gasteiger partial charge in [0.15, 0.2) is 16.7 Å². The van der Waals surface area contributed by atoms with Gasteiger partial charge in [-0.3, -0.25) is 0 Å². The molecule has 32 heavy (non-hydrogen) atoms. The molecule has 0 saturated heterocycles. The molecule has 8 heteroatoms. The molecule has 0 aromatic heterocycles. The fourth-order valence-electron chi connectivity index (χ4n) is 2.71. The van der Waals surface area contributed by atoms with E-state index in [9.17, 15) is 0 Å². The summed E-state index contributed by atoms with van der Waals surface area (Å²) < 4.78 is 12.5. The van der Waals surface area contributed by atoms with Gasteiger partial charge in [-0.25, -0.2) is 0 Å². The van der Waals surface area contributed by atoms with Crippen molar-refractivity contribution in [3.8, 4) is 11.5 Å². The Hall–Kier alpha value is -2.48. The lowest BCUT2D eigenvalue weighted by atomic mass is 10.2. The Morgan fingerprint density at radius 3 is 2.53 bits per heavy atom. The summed E-state index contributed by atoms with van der Waals surface area (Å²) in [5.41, 5.74) is 8.84. The van der Waals surface area contributed by atoms with Crippen LogP contribution in [-0.2, 0) is 12.4 Å². The quantitative estimate of drug-likeness (QED) is 0.190. The first-order valence-electron chi connectivity index (χ1n) is 9.92. The lowest BCUT2D eigenvalue weighted by Gasteiger charge is -2.14. The molecule has 0 heterocycles. The number of amidine groups is 1. The van der Waals surface area contributed by atoms with Crippen LogP contribution in [0.3, 0.4) is 0 Å². The molecule has 0 radical (unpaired) electrons. The van der Waals surface area contributed by atoms with Gasteiger partial charge in [0.1, 0.15) is 6.61 Å². The summed E-state index contributed by atoms with van der Waals surface area (Å²) in [6.45, 7) is 2.75. The zero-order valence-electron chi connectivity index (χ0n) is 17.5. The molecule has 0 fully saturated rings. The van der Waals surface area contributed by atoms with Gasteiger partial charge < -0.3 is 15.2 Å². The van der Waals surface area contributed by atoms with Crippen molar-refractivity contribution in [2.24, 2.45) is 15.9 Å². The van der Waals surface area contributed by atoms with Gasteiger partial charge >= 0.3 is 0 Å². The Morgan fingerprint density at radius 2 is 1.78 bits per heavy atom. The number of thioether (sulfide) groups is 1. The van der Waals surface area contributed by atoms with E-state index in [1.807, 2.05) is 73.7 Å². The lowest BCUT2D eigenvalue weighted by molar-refractivity contribution is 0.269. The number of hydrogen-bond donors (Lipinski definition) is 1. The van der Waals surface area contributed by atoms with Crippen LogP contribution in [0, 0.1) is 0 Å². The fourth-order valence-corrected chi connectivity index (χ4v) is 3.94. The summed E-state index contributed by atoms with van der Waals surface area (Å²) in [6.07, 6.45) is 1.63. The van der Waals surface area contributed by atoms with Gasteiger partial charge in [0.05, 0.1) is 12.8 Å². The van der Waals surface area contributed by atoms with Crippen LogP contribution in [0.4, 0.5) is 0 Å². The lowest BCUT2D eigenvalue weighted by Crippen LogP contribution is -2.06. The molecule has 0 bridgehead atoms. The maximum absolute atomic E-state index is 6.23. The van der Waals surface area contributed by atoms with Gasteiger partial charge in [-0.05, 0) is 46.6 Å². The number of hydrogen-bond acceptors (Lipinski definition) is 5. The first-order chi connectivity index (χ1) is 15.6. The summed E-state index contributed by atoms with van der Waals surface area (Å²) in [4.78, 5) is 0.